The second-order valence-electron chi connectivity index (χ2n) is 8.05. The molecule has 0 radical (unpaired) electrons. The summed E-state index contributed by atoms with van der Waals surface area (Å²) < 4.78 is 43.5. The predicted molar refractivity (Wildman–Crippen MR) is 123 cm³/mol. The van der Waals surface area contributed by atoms with Gasteiger partial charge in [-0.2, -0.15) is 0 Å². The summed E-state index contributed by atoms with van der Waals surface area (Å²) in [7, 11) is -3.51. The van der Waals surface area contributed by atoms with E-state index in [1.54, 1.807) is 11.0 Å². The van der Waals surface area contributed by atoms with Gasteiger partial charge in [-0.15, -0.1) is 0 Å². The Kier molecular flexibility index (Phi) is 6.73. The van der Waals surface area contributed by atoms with Crippen LogP contribution in [0.25, 0.3) is 0 Å². The number of hydrogen-bond donors (Lipinski definition) is 1. The van der Waals surface area contributed by atoms with E-state index in [9.17, 15) is 17.6 Å². The fourth-order valence-electron chi connectivity index (χ4n) is 3.61. The molecule has 1 fully saturated rings. The third-order valence-electron chi connectivity index (χ3n) is 5.40. The Bertz CT molecular complexity index is 1310. The third kappa shape index (κ3) is 5.66. The van der Waals surface area contributed by atoms with Crippen molar-refractivity contribution in [1.82, 2.24) is 19.9 Å². The summed E-state index contributed by atoms with van der Waals surface area (Å²) in [4.78, 5) is 26.8. The van der Waals surface area contributed by atoms with Gasteiger partial charge in [0.2, 0.25) is 5.88 Å². The van der Waals surface area contributed by atoms with Crippen molar-refractivity contribution >= 4 is 27.2 Å². The van der Waals surface area contributed by atoms with Crippen molar-refractivity contribution in [1.29, 1.82) is 0 Å². The normalized spacial score (nSPS) is 14.6. The molecule has 0 saturated carbocycles. The van der Waals surface area contributed by atoms with E-state index in [-0.39, 0.29) is 22.6 Å². The number of likely N-dealkylation sites (tertiary alicyclic amines) is 1. The Balaban J connectivity index is 1.36. The van der Waals surface area contributed by atoms with Crippen molar-refractivity contribution in [2.45, 2.75) is 30.8 Å². The number of pyridine rings is 1. The molecule has 1 aromatic carbocycles. The number of nitrogens with zero attached hydrogens (tertiary/aromatic N) is 4. The number of hydrogen-bond acceptors (Lipinski definition) is 8. The third-order valence-corrected chi connectivity index (χ3v) is 6.51. The van der Waals surface area contributed by atoms with Gasteiger partial charge in [0, 0.05) is 43.9 Å². The molecule has 9 nitrogen and oxygen atoms in total. The van der Waals surface area contributed by atoms with Crippen LogP contribution in [0.5, 0.6) is 5.88 Å². The van der Waals surface area contributed by atoms with Gasteiger partial charge in [-0.05, 0) is 37.3 Å². The van der Waals surface area contributed by atoms with E-state index < -0.39 is 15.7 Å². The molecule has 0 aliphatic carbocycles. The molecule has 1 amide bonds. The molecule has 0 bridgehead atoms. The minimum absolute atomic E-state index is 0.0774. The second-order valence-corrected chi connectivity index (χ2v) is 10.1. The number of piperidine rings is 1. The number of carbonyl (C=O) groups excluding carboxylic acids is 1. The van der Waals surface area contributed by atoms with Crippen LogP contribution in [0.4, 0.5) is 15.9 Å². The van der Waals surface area contributed by atoms with Crippen LogP contribution in [-0.4, -0.2) is 59.6 Å². The zero-order valence-electron chi connectivity index (χ0n) is 18.7. The number of carbonyl (C=O) groups is 1. The number of amides is 1. The van der Waals surface area contributed by atoms with E-state index in [0.717, 1.165) is 18.0 Å². The smallest absolute Gasteiger partial charge is 0.272 e. The average molecular weight is 486 g/mol. The largest absolute Gasteiger partial charge is 0.474 e. The number of halogens is 1. The molecule has 4 rings (SSSR count). The van der Waals surface area contributed by atoms with Crippen LogP contribution in [0.3, 0.4) is 0 Å². The summed E-state index contributed by atoms with van der Waals surface area (Å²) in [5.74, 6) is -0.200. The van der Waals surface area contributed by atoms with E-state index in [1.807, 2.05) is 19.1 Å². The average Bonchev–Trinajstić information content (AvgIpc) is 2.80. The Labute approximate surface area is 196 Å². The molecule has 11 heteroatoms. The summed E-state index contributed by atoms with van der Waals surface area (Å²) >= 11 is 0. The lowest BCUT2D eigenvalue weighted by Crippen LogP contribution is -2.42. The summed E-state index contributed by atoms with van der Waals surface area (Å²) in [6, 6.07) is 10.5. The maximum absolute atomic E-state index is 14.3. The van der Waals surface area contributed by atoms with Crippen molar-refractivity contribution in [3.8, 4) is 5.88 Å². The summed E-state index contributed by atoms with van der Waals surface area (Å²) in [5.41, 5.74) is 1.31. The fraction of sp³-hybridized carbons (Fsp3) is 0.304. The maximum Gasteiger partial charge on any atom is 0.272 e. The van der Waals surface area contributed by atoms with Gasteiger partial charge in [0.1, 0.15) is 29.8 Å². The van der Waals surface area contributed by atoms with Crippen molar-refractivity contribution in [3.63, 3.8) is 0 Å². The van der Waals surface area contributed by atoms with Crippen molar-refractivity contribution in [3.05, 3.63) is 66.0 Å². The second kappa shape index (κ2) is 9.72. The lowest BCUT2D eigenvalue weighted by Gasteiger charge is -2.31. The predicted octanol–water partition coefficient (Wildman–Crippen LogP) is 3.15. The number of anilines is 2. The number of aryl methyl sites for hydroxylation is 1. The minimum Gasteiger partial charge on any atom is -0.474 e. The molecule has 0 atom stereocenters. The van der Waals surface area contributed by atoms with Crippen LogP contribution >= 0.6 is 0 Å². The summed E-state index contributed by atoms with van der Waals surface area (Å²) in [6.07, 6.45) is 3.44. The van der Waals surface area contributed by atoms with Crippen LogP contribution in [0, 0.1) is 12.7 Å². The van der Waals surface area contributed by atoms with Crippen molar-refractivity contribution < 1.29 is 22.3 Å². The number of benzene rings is 1. The molecule has 3 heterocycles. The van der Waals surface area contributed by atoms with Gasteiger partial charge in [0.15, 0.2) is 9.84 Å². The quantitative estimate of drug-likeness (QED) is 0.566. The summed E-state index contributed by atoms with van der Waals surface area (Å²) in [6.45, 7) is 2.92. The lowest BCUT2D eigenvalue weighted by molar-refractivity contribution is 0.0582. The van der Waals surface area contributed by atoms with Crippen LogP contribution in [0.2, 0.25) is 0 Å². The van der Waals surface area contributed by atoms with Crippen LogP contribution in [0.1, 0.15) is 29.0 Å². The molecule has 0 spiro atoms. The lowest BCUT2D eigenvalue weighted by atomic mass is 10.1. The Morgan fingerprint density at radius 1 is 1.15 bits per heavy atom. The Hall–Kier alpha value is -3.60. The number of rotatable bonds is 6. The molecule has 1 N–H and O–H groups in total. The highest BCUT2D eigenvalue weighted by Crippen LogP contribution is 2.24. The molecule has 178 valence electrons. The standard InChI is InChI=1S/C23H24FN5O4S/c1-15-4-3-5-20(27-15)23(30)29-10-8-16(9-11-29)33-22-13-21(25-14-26-22)28-19-7-6-17(12-18(19)24)34(2,31)32/h3-7,12-14,16H,8-11H2,1-2H3,(H,25,26,28). The molecule has 2 aromatic heterocycles. The number of ether oxygens (including phenoxy) is 1. The van der Waals surface area contributed by atoms with Gasteiger partial charge in [0.25, 0.3) is 5.91 Å². The number of sulfone groups is 1. The van der Waals surface area contributed by atoms with E-state index in [2.05, 4.69) is 20.3 Å². The molecule has 34 heavy (non-hydrogen) atoms. The molecular weight excluding hydrogens is 461 g/mol. The molecule has 1 aliphatic rings. The first-order valence-corrected chi connectivity index (χ1v) is 12.6. The maximum atomic E-state index is 14.3. The minimum atomic E-state index is -3.51. The molecule has 0 unspecified atom stereocenters. The van der Waals surface area contributed by atoms with Gasteiger partial charge in [-0.25, -0.2) is 27.8 Å². The van der Waals surface area contributed by atoms with E-state index in [0.29, 0.717) is 43.3 Å². The highest BCUT2D eigenvalue weighted by atomic mass is 32.2. The fourth-order valence-corrected chi connectivity index (χ4v) is 4.24. The monoisotopic (exact) mass is 485 g/mol. The highest BCUT2D eigenvalue weighted by molar-refractivity contribution is 7.90. The highest BCUT2D eigenvalue weighted by Gasteiger charge is 2.26. The molecular formula is C23H24FN5O4S. The van der Waals surface area contributed by atoms with E-state index in [4.69, 9.17) is 4.74 Å². The van der Waals surface area contributed by atoms with Crippen LogP contribution < -0.4 is 10.1 Å². The van der Waals surface area contributed by atoms with E-state index >= 15 is 0 Å². The first kappa shape index (κ1) is 23.6. The number of aromatic nitrogens is 3. The summed E-state index contributed by atoms with van der Waals surface area (Å²) in [5, 5.41) is 2.81. The first-order valence-electron chi connectivity index (χ1n) is 10.7. The van der Waals surface area contributed by atoms with Gasteiger partial charge >= 0.3 is 0 Å². The molecule has 1 aliphatic heterocycles. The Morgan fingerprint density at radius 3 is 2.59 bits per heavy atom. The first-order chi connectivity index (χ1) is 16.2. The number of nitrogens with one attached hydrogen (secondary N) is 1. The molecule has 1 saturated heterocycles. The zero-order valence-corrected chi connectivity index (χ0v) is 19.5. The molecule has 3 aromatic rings. The van der Waals surface area contributed by atoms with Crippen molar-refractivity contribution in [2.24, 2.45) is 0 Å². The van der Waals surface area contributed by atoms with Gasteiger partial charge in [-0.1, -0.05) is 6.07 Å². The Morgan fingerprint density at radius 2 is 1.91 bits per heavy atom. The zero-order chi connectivity index (χ0) is 24.3. The van der Waals surface area contributed by atoms with Gasteiger partial charge in [-0.3, -0.25) is 4.79 Å². The topological polar surface area (TPSA) is 114 Å². The van der Waals surface area contributed by atoms with E-state index in [1.165, 1.54) is 24.5 Å². The van der Waals surface area contributed by atoms with Gasteiger partial charge < -0.3 is 15.0 Å². The van der Waals surface area contributed by atoms with Crippen LogP contribution in [0.15, 0.2) is 53.7 Å². The van der Waals surface area contributed by atoms with Crippen LogP contribution in [-0.2, 0) is 9.84 Å². The van der Waals surface area contributed by atoms with Gasteiger partial charge in [0.05, 0.1) is 10.6 Å². The van der Waals surface area contributed by atoms with Crippen molar-refractivity contribution in [2.75, 3.05) is 24.7 Å². The SMILES string of the molecule is Cc1cccc(C(=O)N2CCC(Oc3cc(Nc4ccc(S(C)(=O)=O)cc4F)ncn3)CC2)n1.